The fraction of sp³-hybridized carbons (Fsp3) is 1.00. The summed E-state index contributed by atoms with van der Waals surface area (Å²) in [5.74, 6) is 0. The lowest BCUT2D eigenvalue weighted by Gasteiger charge is -2.45. The SMILES string of the molecule is CCCCC(C)(O[Si](F)(F)C(C)(C)C)C(C)(C)C. The van der Waals surface area contributed by atoms with Crippen LogP contribution in [0.25, 0.3) is 0 Å². The molecule has 0 radical (unpaired) electrons. The highest BCUT2D eigenvalue weighted by molar-refractivity contribution is 6.62. The summed E-state index contributed by atoms with van der Waals surface area (Å²) in [6.07, 6.45) is 2.60. The monoisotopic (exact) mass is 280 g/mol. The normalized spacial score (nSPS) is 17.7. The van der Waals surface area contributed by atoms with E-state index in [1.165, 1.54) is 0 Å². The molecule has 0 aromatic heterocycles. The molecule has 0 aliphatic rings. The van der Waals surface area contributed by atoms with Gasteiger partial charge in [-0.25, -0.2) is 8.22 Å². The molecule has 0 heterocycles. The zero-order valence-corrected chi connectivity index (χ0v) is 14.3. The van der Waals surface area contributed by atoms with E-state index in [1.807, 2.05) is 27.7 Å². The van der Waals surface area contributed by atoms with E-state index in [2.05, 4.69) is 6.92 Å². The molecule has 0 N–H and O–H groups in total. The quantitative estimate of drug-likeness (QED) is 0.465. The van der Waals surface area contributed by atoms with Crippen LogP contribution in [-0.2, 0) is 4.43 Å². The van der Waals surface area contributed by atoms with Crippen LogP contribution in [0.2, 0.25) is 5.04 Å². The van der Waals surface area contributed by atoms with Crippen LogP contribution < -0.4 is 0 Å². The highest BCUT2D eigenvalue weighted by Crippen LogP contribution is 2.47. The Labute approximate surface area is 113 Å². The average molecular weight is 280 g/mol. The molecule has 0 fully saturated rings. The zero-order valence-electron chi connectivity index (χ0n) is 13.3. The topological polar surface area (TPSA) is 9.23 Å². The maximum atomic E-state index is 14.3. The molecule has 0 saturated carbocycles. The second kappa shape index (κ2) is 5.57. The summed E-state index contributed by atoms with van der Waals surface area (Å²) in [4.78, 5) is 0. The van der Waals surface area contributed by atoms with Crippen molar-refractivity contribution in [3.05, 3.63) is 0 Å². The third-order valence-corrected chi connectivity index (χ3v) is 6.27. The second-order valence-electron chi connectivity index (χ2n) is 7.45. The molecular weight excluding hydrogens is 250 g/mol. The molecular formula is C14H30F2OSi. The Morgan fingerprint density at radius 3 is 1.67 bits per heavy atom. The van der Waals surface area contributed by atoms with Crippen molar-refractivity contribution in [2.24, 2.45) is 5.41 Å². The molecule has 110 valence electrons. The van der Waals surface area contributed by atoms with E-state index in [0.29, 0.717) is 6.42 Å². The van der Waals surface area contributed by atoms with Gasteiger partial charge in [0.2, 0.25) is 0 Å². The summed E-state index contributed by atoms with van der Waals surface area (Å²) in [5.41, 5.74) is -1.05. The molecule has 1 atom stereocenters. The number of rotatable bonds is 5. The van der Waals surface area contributed by atoms with Crippen molar-refractivity contribution in [2.75, 3.05) is 0 Å². The van der Waals surface area contributed by atoms with Gasteiger partial charge in [0.05, 0.1) is 5.60 Å². The van der Waals surface area contributed by atoms with Gasteiger partial charge < -0.3 is 4.43 Å². The third kappa shape index (κ3) is 4.30. The molecule has 0 rings (SSSR count). The standard InChI is InChI=1S/C14H30F2OSi/c1-9-10-11-14(8,12(2,3)4)17-18(15,16)13(5,6)7/h9-11H2,1-8H3. The molecule has 0 aliphatic carbocycles. The lowest BCUT2D eigenvalue weighted by molar-refractivity contribution is -0.0590. The average Bonchev–Trinajstić information content (AvgIpc) is 2.10. The minimum absolute atomic E-state index is 0.288. The van der Waals surface area contributed by atoms with Gasteiger partial charge in [-0.05, 0) is 18.8 Å². The van der Waals surface area contributed by atoms with Crippen molar-refractivity contribution in [1.29, 1.82) is 0 Å². The van der Waals surface area contributed by atoms with Crippen LogP contribution in [0.3, 0.4) is 0 Å². The number of hydrogen-bond donors (Lipinski definition) is 0. The van der Waals surface area contributed by atoms with E-state index in [0.717, 1.165) is 12.8 Å². The molecule has 0 saturated heterocycles. The molecule has 0 bridgehead atoms. The van der Waals surface area contributed by atoms with E-state index < -0.39 is 19.6 Å². The van der Waals surface area contributed by atoms with Crippen LogP contribution in [0.1, 0.15) is 74.7 Å². The first kappa shape index (κ1) is 18.0. The Balaban J connectivity index is 5.14. The highest BCUT2D eigenvalue weighted by atomic mass is 28.4. The van der Waals surface area contributed by atoms with Gasteiger partial charge in [0, 0.05) is 5.04 Å². The Hall–Kier alpha value is 0.0369. The smallest absolute Gasteiger partial charge is 0.361 e. The number of halogens is 2. The summed E-state index contributed by atoms with van der Waals surface area (Å²) in [5, 5.41) is -1.05. The maximum Gasteiger partial charge on any atom is 0.583 e. The largest absolute Gasteiger partial charge is 0.583 e. The zero-order chi connectivity index (χ0) is 14.8. The molecule has 0 aliphatic heterocycles. The Bertz CT molecular complexity index is 266. The van der Waals surface area contributed by atoms with Gasteiger partial charge in [-0.1, -0.05) is 61.3 Å². The van der Waals surface area contributed by atoms with E-state index in [4.69, 9.17) is 4.43 Å². The van der Waals surface area contributed by atoms with E-state index in [-0.39, 0.29) is 5.41 Å². The summed E-state index contributed by atoms with van der Waals surface area (Å²) in [6, 6.07) is 0. The van der Waals surface area contributed by atoms with Crippen LogP contribution >= 0.6 is 0 Å². The van der Waals surface area contributed by atoms with Gasteiger partial charge in [-0.3, -0.25) is 0 Å². The molecule has 0 spiro atoms. The predicted molar refractivity (Wildman–Crippen MR) is 76.2 cm³/mol. The predicted octanol–water partition coefficient (Wildman–Crippen LogP) is 5.68. The molecule has 1 nitrogen and oxygen atoms in total. The maximum absolute atomic E-state index is 14.3. The lowest BCUT2D eigenvalue weighted by atomic mass is 9.75. The van der Waals surface area contributed by atoms with Crippen molar-refractivity contribution in [3.63, 3.8) is 0 Å². The van der Waals surface area contributed by atoms with Crippen LogP contribution in [0, 0.1) is 5.41 Å². The van der Waals surface area contributed by atoms with Crippen molar-refractivity contribution >= 4 is 8.99 Å². The summed E-state index contributed by atoms with van der Waals surface area (Å²) in [7, 11) is -4.70. The van der Waals surface area contributed by atoms with Crippen molar-refractivity contribution in [2.45, 2.75) is 85.3 Å². The van der Waals surface area contributed by atoms with Crippen LogP contribution in [0.15, 0.2) is 0 Å². The Morgan fingerprint density at radius 1 is 0.944 bits per heavy atom. The molecule has 18 heavy (non-hydrogen) atoms. The minimum Gasteiger partial charge on any atom is -0.361 e. The summed E-state index contributed by atoms with van der Waals surface area (Å²) in [6.45, 7) is 14.6. The Morgan fingerprint density at radius 2 is 1.39 bits per heavy atom. The van der Waals surface area contributed by atoms with Gasteiger partial charge >= 0.3 is 8.99 Å². The first-order valence-corrected chi connectivity index (χ1v) is 8.51. The van der Waals surface area contributed by atoms with E-state index >= 15 is 0 Å². The van der Waals surface area contributed by atoms with Crippen LogP contribution in [0.5, 0.6) is 0 Å². The number of unbranched alkanes of at least 4 members (excludes halogenated alkanes) is 1. The Kier molecular flexibility index (Phi) is 5.59. The fourth-order valence-corrected chi connectivity index (χ4v) is 2.81. The second-order valence-corrected chi connectivity index (χ2v) is 10.2. The third-order valence-electron chi connectivity index (χ3n) is 3.82. The van der Waals surface area contributed by atoms with Gasteiger partial charge in [0.15, 0.2) is 0 Å². The van der Waals surface area contributed by atoms with Gasteiger partial charge in [0.1, 0.15) is 0 Å². The molecule has 0 aromatic rings. The molecule has 0 amide bonds. The molecule has 4 heteroatoms. The molecule has 0 aromatic carbocycles. The van der Waals surface area contributed by atoms with Gasteiger partial charge in [0.25, 0.3) is 0 Å². The summed E-state index contributed by atoms with van der Waals surface area (Å²) >= 11 is 0. The fourth-order valence-electron chi connectivity index (χ4n) is 1.53. The first-order valence-electron chi connectivity index (χ1n) is 6.85. The van der Waals surface area contributed by atoms with Crippen molar-refractivity contribution < 1.29 is 12.6 Å². The van der Waals surface area contributed by atoms with E-state index in [9.17, 15) is 8.22 Å². The van der Waals surface area contributed by atoms with Crippen molar-refractivity contribution in [1.82, 2.24) is 0 Å². The molecule has 1 unspecified atom stereocenters. The number of hydrogen-bond acceptors (Lipinski definition) is 1. The summed E-state index contributed by atoms with van der Waals surface area (Å²) < 4.78 is 34.1. The first-order chi connectivity index (χ1) is 7.77. The highest BCUT2D eigenvalue weighted by Gasteiger charge is 2.57. The van der Waals surface area contributed by atoms with Crippen LogP contribution in [0.4, 0.5) is 8.22 Å². The van der Waals surface area contributed by atoms with Crippen LogP contribution in [-0.4, -0.2) is 14.6 Å². The van der Waals surface area contributed by atoms with Crippen molar-refractivity contribution in [3.8, 4) is 0 Å². The minimum atomic E-state index is -4.70. The lowest BCUT2D eigenvalue weighted by Crippen LogP contribution is -2.52. The van der Waals surface area contributed by atoms with Gasteiger partial charge in [-0.2, -0.15) is 0 Å². The van der Waals surface area contributed by atoms with Gasteiger partial charge in [-0.15, -0.1) is 0 Å². The van der Waals surface area contributed by atoms with E-state index in [1.54, 1.807) is 20.8 Å².